The highest BCUT2D eigenvalue weighted by Crippen LogP contribution is 2.20. The number of anilines is 1. The second-order valence-electron chi connectivity index (χ2n) is 7.64. The summed E-state index contributed by atoms with van der Waals surface area (Å²) < 4.78 is 17.0. The van der Waals surface area contributed by atoms with Crippen molar-refractivity contribution < 1.29 is 9.18 Å². The number of nitrogens with one attached hydrogen (secondary N) is 1. The van der Waals surface area contributed by atoms with Gasteiger partial charge in [0.2, 0.25) is 5.95 Å². The first kappa shape index (κ1) is 21.6. The van der Waals surface area contributed by atoms with E-state index in [-0.39, 0.29) is 5.91 Å². The zero-order valence-corrected chi connectivity index (χ0v) is 18.8. The van der Waals surface area contributed by atoms with E-state index < -0.39 is 5.95 Å². The molecule has 32 heavy (non-hydrogen) atoms. The molecule has 0 spiro atoms. The normalized spacial score (nSPS) is 11.5. The van der Waals surface area contributed by atoms with Crippen LogP contribution in [0.5, 0.6) is 0 Å². The second-order valence-corrected chi connectivity index (χ2v) is 8.50. The van der Waals surface area contributed by atoms with Gasteiger partial charge in [0.15, 0.2) is 5.13 Å². The number of thiazole rings is 1. The molecule has 0 aliphatic rings. The minimum Gasteiger partial charge on any atom is -0.339 e. The summed E-state index contributed by atoms with van der Waals surface area (Å²) in [5, 5.41) is 9.78. The van der Waals surface area contributed by atoms with Gasteiger partial charge in [-0.25, -0.2) is 9.97 Å². The van der Waals surface area contributed by atoms with Gasteiger partial charge in [-0.2, -0.15) is 9.49 Å². The maximum atomic E-state index is 13.4. The minimum absolute atomic E-state index is 0.277. The van der Waals surface area contributed by atoms with Crippen LogP contribution in [-0.4, -0.2) is 30.2 Å². The smallest absolute Gasteiger partial charge is 0.274 e. The molecule has 0 aliphatic carbocycles. The number of hydrogen-bond acceptors (Lipinski definition) is 5. The molecule has 4 aromatic rings. The summed E-state index contributed by atoms with van der Waals surface area (Å²) in [7, 11) is 0. The van der Waals surface area contributed by atoms with E-state index in [9.17, 15) is 9.18 Å². The van der Waals surface area contributed by atoms with E-state index in [0.717, 1.165) is 22.5 Å². The van der Waals surface area contributed by atoms with E-state index in [1.807, 2.05) is 35.3 Å². The molecule has 164 valence electrons. The molecule has 4 rings (SSSR count). The Morgan fingerprint density at radius 3 is 2.91 bits per heavy atom. The van der Waals surface area contributed by atoms with E-state index in [2.05, 4.69) is 34.2 Å². The van der Waals surface area contributed by atoms with Crippen molar-refractivity contribution in [2.24, 2.45) is 0 Å². The van der Waals surface area contributed by atoms with Crippen molar-refractivity contribution in [3.63, 3.8) is 0 Å². The van der Waals surface area contributed by atoms with Gasteiger partial charge >= 0.3 is 0 Å². The van der Waals surface area contributed by atoms with Crippen LogP contribution in [0.4, 0.5) is 9.52 Å². The van der Waals surface area contributed by atoms with Gasteiger partial charge in [0.1, 0.15) is 5.69 Å². The van der Waals surface area contributed by atoms with Crippen LogP contribution in [0.25, 0.3) is 12.2 Å². The van der Waals surface area contributed by atoms with Crippen LogP contribution in [0.15, 0.2) is 48.2 Å². The van der Waals surface area contributed by atoms with Crippen molar-refractivity contribution >= 4 is 34.5 Å². The summed E-state index contributed by atoms with van der Waals surface area (Å²) in [6, 6.07) is 6.87. The number of aromatic nitrogens is 5. The number of pyridine rings is 1. The van der Waals surface area contributed by atoms with Gasteiger partial charge in [-0.15, -0.1) is 11.3 Å². The maximum Gasteiger partial charge on any atom is 0.274 e. The minimum atomic E-state index is -0.546. The largest absolute Gasteiger partial charge is 0.339 e. The van der Waals surface area contributed by atoms with Crippen molar-refractivity contribution in [2.45, 2.75) is 33.4 Å². The predicted molar refractivity (Wildman–Crippen MR) is 124 cm³/mol. The fourth-order valence-corrected chi connectivity index (χ4v) is 3.84. The zero-order valence-electron chi connectivity index (χ0n) is 18.0. The first-order valence-electron chi connectivity index (χ1n) is 10.2. The van der Waals surface area contributed by atoms with E-state index in [4.69, 9.17) is 0 Å². The number of carbonyl (C=O) groups excluding carboxylic acids is 1. The molecule has 4 aromatic heterocycles. The zero-order chi connectivity index (χ0) is 22.7. The molecule has 0 bridgehead atoms. The third kappa shape index (κ3) is 5.00. The molecule has 1 N–H and O–H groups in total. The van der Waals surface area contributed by atoms with E-state index >= 15 is 0 Å². The molecule has 4 heterocycles. The first-order chi connectivity index (χ1) is 15.4. The van der Waals surface area contributed by atoms with Crippen molar-refractivity contribution in [2.75, 3.05) is 5.32 Å². The molecule has 1 amide bonds. The lowest BCUT2D eigenvalue weighted by Crippen LogP contribution is -2.17. The number of nitrogens with zero attached hydrogens (tertiary/aromatic N) is 5. The Labute approximate surface area is 189 Å². The molecule has 0 saturated heterocycles. The Bertz CT molecular complexity index is 1270. The van der Waals surface area contributed by atoms with Crippen LogP contribution in [0.1, 0.15) is 52.9 Å². The highest BCUT2D eigenvalue weighted by atomic mass is 32.1. The molecule has 0 saturated carbocycles. The number of hydrogen-bond donors (Lipinski definition) is 1. The van der Waals surface area contributed by atoms with E-state index in [1.54, 1.807) is 29.0 Å². The Morgan fingerprint density at radius 1 is 1.31 bits per heavy atom. The molecule has 0 atom stereocenters. The lowest BCUT2D eigenvalue weighted by Gasteiger charge is -2.09. The third-order valence-corrected chi connectivity index (χ3v) is 5.62. The molecule has 0 aromatic carbocycles. The second kappa shape index (κ2) is 9.27. The van der Waals surface area contributed by atoms with Gasteiger partial charge in [0.05, 0.1) is 11.4 Å². The molecule has 0 aliphatic heterocycles. The summed E-state index contributed by atoms with van der Waals surface area (Å²) in [5.41, 5.74) is 3.91. The Kier molecular flexibility index (Phi) is 6.27. The quantitative estimate of drug-likeness (QED) is 0.400. The summed E-state index contributed by atoms with van der Waals surface area (Å²) in [5.74, 6) is -0.823. The fraction of sp³-hybridized carbons (Fsp3) is 0.217. The monoisotopic (exact) mass is 450 g/mol. The molecular weight excluding hydrogens is 427 g/mol. The van der Waals surface area contributed by atoms with Gasteiger partial charge in [-0.1, -0.05) is 0 Å². The highest BCUT2D eigenvalue weighted by Gasteiger charge is 2.13. The Hall–Kier alpha value is -3.59. The Balaban J connectivity index is 1.43. The lowest BCUT2D eigenvalue weighted by atomic mass is 10.2. The molecular formula is C23H23FN6OS. The number of aryl methyl sites for hydroxylation is 1. The number of halogens is 1. The maximum absolute atomic E-state index is 13.4. The van der Waals surface area contributed by atoms with Crippen LogP contribution in [0, 0.1) is 12.9 Å². The number of carbonyl (C=O) groups is 1. The summed E-state index contributed by atoms with van der Waals surface area (Å²) in [6.45, 7) is 6.55. The third-order valence-electron chi connectivity index (χ3n) is 4.84. The van der Waals surface area contributed by atoms with Gasteiger partial charge in [-0.3, -0.25) is 14.8 Å². The molecule has 7 nitrogen and oxygen atoms in total. The van der Waals surface area contributed by atoms with E-state index in [0.29, 0.717) is 23.4 Å². The fourth-order valence-electron chi connectivity index (χ4n) is 3.17. The predicted octanol–water partition coefficient (Wildman–Crippen LogP) is 5.04. The highest BCUT2D eigenvalue weighted by molar-refractivity contribution is 7.14. The van der Waals surface area contributed by atoms with Crippen LogP contribution < -0.4 is 5.32 Å². The van der Waals surface area contributed by atoms with E-state index in [1.165, 1.54) is 23.6 Å². The van der Waals surface area contributed by atoms with Crippen LogP contribution in [0.2, 0.25) is 0 Å². The topological polar surface area (TPSA) is 77.6 Å². The molecule has 9 heteroatoms. The number of amides is 1. The van der Waals surface area contributed by atoms with Gasteiger partial charge in [0, 0.05) is 36.6 Å². The summed E-state index contributed by atoms with van der Waals surface area (Å²) in [6.07, 6.45) is 9.02. The van der Waals surface area contributed by atoms with Gasteiger partial charge in [-0.05, 0) is 68.3 Å². The first-order valence-corrected chi connectivity index (χ1v) is 11.0. The Morgan fingerprint density at radius 2 is 2.16 bits per heavy atom. The van der Waals surface area contributed by atoms with Gasteiger partial charge < -0.3 is 4.57 Å². The van der Waals surface area contributed by atoms with Crippen LogP contribution in [0.3, 0.4) is 0 Å². The van der Waals surface area contributed by atoms with Crippen LogP contribution >= 0.6 is 11.3 Å². The molecule has 0 unspecified atom stereocenters. The van der Waals surface area contributed by atoms with Crippen LogP contribution in [-0.2, 0) is 6.54 Å². The molecule has 0 fully saturated rings. The van der Waals surface area contributed by atoms with Crippen molar-refractivity contribution in [1.82, 2.24) is 24.3 Å². The SMILES string of the molecule is Cc1cn(C(C)C)nc1C=Cc1csc(NC(=O)c2cccn2Cc2ccnc(F)c2)n1. The van der Waals surface area contributed by atoms with Gasteiger partial charge in [0.25, 0.3) is 5.91 Å². The number of rotatable bonds is 7. The van der Waals surface area contributed by atoms with Crippen molar-refractivity contribution in [1.29, 1.82) is 0 Å². The van der Waals surface area contributed by atoms with Crippen molar-refractivity contribution in [3.05, 3.63) is 82.4 Å². The lowest BCUT2D eigenvalue weighted by molar-refractivity contribution is 0.101. The summed E-state index contributed by atoms with van der Waals surface area (Å²) >= 11 is 1.35. The van der Waals surface area contributed by atoms with Crippen molar-refractivity contribution in [3.8, 4) is 0 Å². The standard InChI is InChI=1S/C23H23FN6OS/c1-15(2)30-12-16(3)19(28-30)7-6-18-14-32-23(26-18)27-22(31)20-5-4-10-29(20)13-17-8-9-25-21(24)11-17/h4-12,14-15H,13H2,1-3H3,(H,26,27,31). The summed E-state index contributed by atoms with van der Waals surface area (Å²) in [4.78, 5) is 20.8. The average Bonchev–Trinajstić information content (AvgIpc) is 3.47. The average molecular weight is 451 g/mol. The molecule has 0 radical (unpaired) electrons.